The molecule has 3 aromatic rings. The van der Waals surface area contributed by atoms with Gasteiger partial charge in [0, 0.05) is 0 Å². The monoisotopic (exact) mass is 430 g/mol. The van der Waals surface area contributed by atoms with Gasteiger partial charge in [-0.3, -0.25) is 0 Å². The van der Waals surface area contributed by atoms with Gasteiger partial charge in [0.25, 0.3) is 0 Å². The molecule has 3 aromatic carbocycles. The van der Waals surface area contributed by atoms with E-state index in [0.717, 1.165) is 12.0 Å². The van der Waals surface area contributed by atoms with Crippen LogP contribution in [-0.2, 0) is 5.41 Å². The molecule has 0 saturated carbocycles. The summed E-state index contributed by atoms with van der Waals surface area (Å²) in [5.41, 5.74) is 1.79. The first-order valence-corrected chi connectivity index (χ1v) is 10.7. The standard InChI is InChI=1S/C28H30O4/c1-27(2,3)19-28(4,5)22-16-17-23(31-25(29)20-12-8-6-9-13-20)24(18-22)32-26(30)21-14-10-7-11-15-21/h6-18H,19H2,1-5H3. The van der Waals surface area contributed by atoms with Crippen LogP contribution in [0.25, 0.3) is 0 Å². The van der Waals surface area contributed by atoms with E-state index < -0.39 is 11.9 Å². The molecule has 0 aliphatic rings. The Morgan fingerprint density at radius 3 is 1.59 bits per heavy atom. The first-order chi connectivity index (χ1) is 15.0. The van der Waals surface area contributed by atoms with Gasteiger partial charge in [0.1, 0.15) is 0 Å². The van der Waals surface area contributed by atoms with Crippen LogP contribution in [0.15, 0.2) is 78.9 Å². The van der Waals surface area contributed by atoms with E-state index >= 15 is 0 Å². The highest BCUT2D eigenvalue weighted by Crippen LogP contribution is 2.40. The summed E-state index contributed by atoms with van der Waals surface area (Å²) < 4.78 is 11.3. The lowest BCUT2D eigenvalue weighted by Gasteiger charge is -2.33. The third-order valence-corrected chi connectivity index (χ3v) is 5.12. The highest BCUT2D eigenvalue weighted by molar-refractivity contribution is 5.93. The van der Waals surface area contributed by atoms with Crippen LogP contribution in [0.4, 0.5) is 0 Å². The van der Waals surface area contributed by atoms with Gasteiger partial charge in [-0.2, -0.15) is 0 Å². The minimum atomic E-state index is -0.510. The number of hydrogen-bond acceptors (Lipinski definition) is 4. The molecule has 0 radical (unpaired) electrons. The molecule has 0 unspecified atom stereocenters. The molecule has 0 N–H and O–H groups in total. The van der Waals surface area contributed by atoms with E-state index in [1.807, 2.05) is 18.2 Å². The molecule has 0 amide bonds. The molecule has 0 aliphatic carbocycles. The number of hydrogen-bond donors (Lipinski definition) is 0. The van der Waals surface area contributed by atoms with Gasteiger partial charge in [-0.05, 0) is 59.2 Å². The van der Waals surface area contributed by atoms with Crippen molar-refractivity contribution in [1.82, 2.24) is 0 Å². The lowest BCUT2D eigenvalue weighted by Crippen LogP contribution is -2.25. The lowest BCUT2D eigenvalue weighted by molar-refractivity contribution is 0.0682. The summed E-state index contributed by atoms with van der Waals surface area (Å²) >= 11 is 0. The fourth-order valence-corrected chi connectivity index (χ4v) is 3.99. The van der Waals surface area contributed by atoms with Crippen molar-refractivity contribution < 1.29 is 19.1 Å². The van der Waals surface area contributed by atoms with Gasteiger partial charge in [-0.1, -0.05) is 77.1 Å². The predicted molar refractivity (Wildman–Crippen MR) is 126 cm³/mol. The Hall–Kier alpha value is -3.40. The Morgan fingerprint density at radius 1 is 0.656 bits per heavy atom. The Morgan fingerprint density at radius 2 is 1.12 bits per heavy atom. The first-order valence-electron chi connectivity index (χ1n) is 10.7. The zero-order valence-corrected chi connectivity index (χ0v) is 19.3. The third kappa shape index (κ3) is 6.07. The molecule has 166 valence electrons. The number of carbonyl (C=O) groups excluding carboxylic acids is 2. The molecule has 0 aromatic heterocycles. The molecule has 0 saturated heterocycles. The van der Waals surface area contributed by atoms with E-state index in [9.17, 15) is 9.59 Å². The molecule has 4 heteroatoms. The molecule has 0 atom stereocenters. The number of carbonyl (C=O) groups is 2. The highest BCUT2D eigenvalue weighted by atomic mass is 16.6. The fraction of sp³-hybridized carbons (Fsp3) is 0.286. The second-order valence-electron chi connectivity index (χ2n) is 9.79. The van der Waals surface area contributed by atoms with Gasteiger partial charge >= 0.3 is 11.9 Å². The van der Waals surface area contributed by atoms with Gasteiger partial charge in [0.15, 0.2) is 11.5 Å². The average Bonchev–Trinajstić information content (AvgIpc) is 2.74. The minimum Gasteiger partial charge on any atom is -0.419 e. The van der Waals surface area contributed by atoms with Crippen molar-refractivity contribution >= 4 is 11.9 Å². The van der Waals surface area contributed by atoms with E-state index in [4.69, 9.17) is 9.47 Å². The van der Waals surface area contributed by atoms with Crippen LogP contribution in [0.3, 0.4) is 0 Å². The first kappa shape index (κ1) is 23.3. The summed E-state index contributed by atoms with van der Waals surface area (Å²) in [6.07, 6.45) is 0.926. The van der Waals surface area contributed by atoms with Crippen LogP contribution >= 0.6 is 0 Å². The van der Waals surface area contributed by atoms with Crippen LogP contribution in [-0.4, -0.2) is 11.9 Å². The van der Waals surface area contributed by atoms with Crippen molar-refractivity contribution in [3.05, 3.63) is 95.6 Å². The van der Waals surface area contributed by atoms with Crippen molar-refractivity contribution in [2.24, 2.45) is 5.41 Å². The Labute approximate surface area is 190 Å². The summed E-state index contributed by atoms with van der Waals surface area (Å²) in [4.78, 5) is 25.4. The minimum absolute atomic E-state index is 0.114. The number of rotatable bonds is 6. The quantitative estimate of drug-likeness (QED) is 0.317. The summed E-state index contributed by atoms with van der Waals surface area (Å²) in [5.74, 6) is -0.584. The fourth-order valence-electron chi connectivity index (χ4n) is 3.99. The third-order valence-electron chi connectivity index (χ3n) is 5.12. The molecule has 0 spiro atoms. The Bertz CT molecular complexity index is 1080. The van der Waals surface area contributed by atoms with E-state index in [0.29, 0.717) is 11.1 Å². The van der Waals surface area contributed by atoms with E-state index in [-0.39, 0.29) is 22.3 Å². The second kappa shape index (κ2) is 9.39. The number of ether oxygens (including phenoxy) is 2. The molecule has 0 fully saturated rings. The normalized spacial score (nSPS) is 11.7. The van der Waals surface area contributed by atoms with Gasteiger partial charge in [-0.25, -0.2) is 9.59 Å². The number of esters is 2. The van der Waals surface area contributed by atoms with Crippen LogP contribution < -0.4 is 9.47 Å². The van der Waals surface area contributed by atoms with E-state index in [1.54, 1.807) is 60.7 Å². The lowest BCUT2D eigenvalue weighted by atomic mass is 9.72. The summed E-state index contributed by atoms with van der Waals surface area (Å²) in [7, 11) is 0. The second-order valence-corrected chi connectivity index (χ2v) is 9.79. The maximum absolute atomic E-state index is 12.7. The zero-order chi connectivity index (χ0) is 23.4. The van der Waals surface area contributed by atoms with Gasteiger partial charge in [-0.15, -0.1) is 0 Å². The van der Waals surface area contributed by atoms with Crippen molar-refractivity contribution in [3.8, 4) is 11.5 Å². The molecule has 0 bridgehead atoms. The SMILES string of the molecule is CC(C)(C)CC(C)(C)c1ccc(OC(=O)c2ccccc2)c(OC(=O)c2ccccc2)c1. The molecular formula is C28H30O4. The maximum Gasteiger partial charge on any atom is 0.343 e. The summed E-state index contributed by atoms with van der Waals surface area (Å²) in [5, 5.41) is 0. The Kier molecular flexibility index (Phi) is 6.83. The average molecular weight is 431 g/mol. The van der Waals surface area contributed by atoms with Crippen molar-refractivity contribution in [1.29, 1.82) is 0 Å². The van der Waals surface area contributed by atoms with Crippen LogP contribution in [0.1, 0.15) is 67.3 Å². The van der Waals surface area contributed by atoms with Gasteiger partial charge in [0.2, 0.25) is 0 Å². The molecule has 4 nitrogen and oxygen atoms in total. The van der Waals surface area contributed by atoms with Crippen LogP contribution in [0.5, 0.6) is 11.5 Å². The maximum atomic E-state index is 12.7. The molecule has 0 heterocycles. The highest BCUT2D eigenvalue weighted by Gasteiger charge is 2.29. The molecule has 0 aliphatic heterocycles. The largest absolute Gasteiger partial charge is 0.419 e. The van der Waals surface area contributed by atoms with E-state index in [1.165, 1.54) is 0 Å². The van der Waals surface area contributed by atoms with Gasteiger partial charge in [0.05, 0.1) is 11.1 Å². The zero-order valence-electron chi connectivity index (χ0n) is 19.3. The summed E-state index contributed by atoms with van der Waals surface area (Å²) in [6.45, 7) is 10.9. The molecule has 3 rings (SSSR count). The molecule has 32 heavy (non-hydrogen) atoms. The van der Waals surface area contributed by atoms with E-state index in [2.05, 4.69) is 34.6 Å². The topological polar surface area (TPSA) is 52.6 Å². The molecular weight excluding hydrogens is 400 g/mol. The van der Waals surface area contributed by atoms with Crippen molar-refractivity contribution in [3.63, 3.8) is 0 Å². The van der Waals surface area contributed by atoms with Crippen LogP contribution in [0.2, 0.25) is 0 Å². The van der Waals surface area contributed by atoms with Crippen molar-refractivity contribution in [2.75, 3.05) is 0 Å². The summed E-state index contributed by atoms with van der Waals surface area (Å²) in [6, 6.07) is 22.9. The van der Waals surface area contributed by atoms with Gasteiger partial charge < -0.3 is 9.47 Å². The number of benzene rings is 3. The smallest absolute Gasteiger partial charge is 0.343 e. The van der Waals surface area contributed by atoms with Crippen molar-refractivity contribution in [2.45, 2.75) is 46.5 Å². The van der Waals surface area contributed by atoms with Crippen LogP contribution in [0, 0.1) is 5.41 Å². The predicted octanol–water partition coefficient (Wildman–Crippen LogP) is 6.84. The Balaban J connectivity index is 1.96.